The Morgan fingerprint density at radius 2 is 1.95 bits per heavy atom. The summed E-state index contributed by atoms with van der Waals surface area (Å²) < 4.78 is 0. The van der Waals surface area contributed by atoms with Crippen LogP contribution in [-0.2, 0) is 12.0 Å². The molecule has 0 saturated carbocycles. The van der Waals surface area contributed by atoms with E-state index in [1.54, 1.807) is 0 Å². The van der Waals surface area contributed by atoms with Gasteiger partial charge in [0.1, 0.15) is 0 Å². The van der Waals surface area contributed by atoms with Crippen LogP contribution in [0.4, 0.5) is 0 Å². The van der Waals surface area contributed by atoms with Crippen molar-refractivity contribution >= 4 is 0 Å². The standard InChI is InChI=1S/C19H23N/c1-3-15-7-6-8-16(13-15)19(20)12-11-14(2)17-9-4-5-10-18(17)19/h4-10,13-14H,3,11-12,20H2,1-2H3. The SMILES string of the molecule is CCc1cccc(C2(N)CCC(C)c3ccccc32)c1. The molecule has 104 valence electrons. The van der Waals surface area contributed by atoms with Crippen molar-refractivity contribution in [1.29, 1.82) is 0 Å². The van der Waals surface area contributed by atoms with Crippen LogP contribution in [0.25, 0.3) is 0 Å². The second-order valence-corrected chi connectivity index (χ2v) is 6.05. The Kier molecular flexibility index (Phi) is 3.39. The molecular formula is C19H23N. The average Bonchev–Trinajstić information content (AvgIpc) is 2.51. The molecule has 0 fully saturated rings. The quantitative estimate of drug-likeness (QED) is 0.858. The van der Waals surface area contributed by atoms with Crippen LogP contribution in [0.3, 0.4) is 0 Å². The smallest absolute Gasteiger partial charge is 0.0668 e. The average molecular weight is 265 g/mol. The van der Waals surface area contributed by atoms with Crippen LogP contribution in [0.5, 0.6) is 0 Å². The second-order valence-electron chi connectivity index (χ2n) is 6.05. The van der Waals surface area contributed by atoms with Gasteiger partial charge in [0, 0.05) is 0 Å². The molecule has 1 heteroatoms. The van der Waals surface area contributed by atoms with Gasteiger partial charge in [0.25, 0.3) is 0 Å². The predicted octanol–water partition coefficient (Wildman–Crippen LogP) is 4.35. The molecule has 0 bridgehead atoms. The Morgan fingerprint density at radius 3 is 2.75 bits per heavy atom. The fraction of sp³-hybridized carbons (Fsp3) is 0.368. The Balaban J connectivity index is 2.14. The fourth-order valence-corrected chi connectivity index (χ4v) is 3.44. The van der Waals surface area contributed by atoms with Gasteiger partial charge in [-0.2, -0.15) is 0 Å². The molecule has 3 rings (SSSR count). The third-order valence-electron chi connectivity index (χ3n) is 4.79. The van der Waals surface area contributed by atoms with Crippen molar-refractivity contribution in [2.24, 2.45) is 5.73 Å². The highest BCUT2D eigenvalue weighted by Gasteiger charge is 2.36. The topological polar surface area (TPSA) is 26.0 Å². The van der Waals surface area contributed by atoms with Gasteiger partial charge in [0.05, 0.1) is 5.54 Å². The third kappa shape index (κ3) is 2.06. The lowest BCUT2D eigenvalue weighted by Gasteiger charge is -2.39. The molecule has 2 aromatic carbocycles. The van der Waals surface area contributed by atoms with Crippen molar-refractivity contribution in [3.8, 4) is 0 Å². The van der Waals surface area contributed by atoms with Gasteiger partial charge in [0.15, 0.2) is 0 Å². The van der Waals surface area contributed by atoms with Gasteiger partial charge < -0.3 is 5.73 Å². The van der Waals surface area contributed by atoms with E-state index in [-0.39, 0.29) is 5.54 Å². The summed E-state index contributed by atoms with van der Waals surface area (Å²) in [7, 11) is 0. The van der Waals surface area contributed by atoms with Gasteiger partial charge in [-0.15, -0.1) is 0 Å². The van der Waals surface area contributed by atoms with Gasteiger partial charge in [-0.3, -0.25) is 0 Å². The summed E-state index contributed by atoms with van der Waals surface area (Å²) in [4.78, 5) is 0. The number of rotatable bonds is 2. The summed E-state index contributed by atoms with van der Waals surface area (Å²) in [6.45, 7) is 4.50. The number of hydrogen-bond acceptors (Lipinski definition) is 1. The van der Waals surface area contributed by atoms with E-state index in [1.165, 1.54) is 22.3 Å². The van der Waals surface area contributed by atoms with E-state index in [0.717, 1.165) is 19.3 Å². The predicted molar refractivity (Wildman–Crippen MR) is 84.9 cm³/mol. The summed E-state index contributed by atoms with van der Waals surface area (Å²) in [5, 5.41) is 0. The van der Waals surface area contributed by atoms with Gasteiger partial charge in [0.2, 0.25) is 0 Å². The normalized spacial score (nSPS) is 25.2. The number of aryl methyl sites for hydroxylation is 1. The lowest BCUT2D eigenvalue weighted by molar-refractivity contribution is 0.412. The molecule has 2 atom stereocenters. The highest BCUT2D eigenvalue weighted by atomic mass is 14.8. The van der Waals surface area contributed by atoms with E-state index in [2.05, 4.69) is 62.4 Å². The third-order valence-corrected chi connectivity index (χ3v) is 4.79. The molecule has 1 aliphatic rings. The van der Waals surface area contributed by atoms with Crippen molar-refractivity contribution in [1.82, 2.24) is 0 Å². The molecule has 0 heterocycles. The maximum absolute atomic E-state index is 6.88. The van der Waals surface area contributed by atoms with E-state index in [4.69, 9.17) is 5.73 Å². The van der Waals surface area contributed by atoms with E-state index in [9.17, 15) is 0 Å². The zero-order chi connectivity index (χ0) is 14.2. The summed E-state index contributed by atoms with van der Waals surface area (Å²) in [5.41, 5.74) is 11.9. The molecular weight excluding hydrogens is 242 g/mol. The molecule has 1 aliphatic carbocycles. The van der Waals surface area contributed by atoms with Crippen molar-refractivity contribution in [3.05, 3.63) is 70.8 Å². The fourth-order valence-electron chi connectivity index (χ4n) is 3.44. The molecule has 0 radical (unpaired) electrons. The minimum Gasteiger partial charge on any atom is -0.318 e. The Hall–Kier alpha value is -1.60. The van der Waals surface area contributed by atoms with E-state index in [0.29, 0.717) is 5.92 Å². The maximum atomic E-state index is 6.88. The zero-order valence-corrected chi connectivity index (χ0v) is 12.4. The minimum atomic E-state index is -0.325. The largest absolute Gasteiger partial charge is 0.318 e. The van der Waals surface area contributed by atoms with Crippen molar-refractivity contribution in [2.75, 3.05) is 0 Å². The summed E-state index contributed by atoms with van der Waals surface area (Å²) >= 11 is 0. The van der Waals surface area contributed by atoms with Crippen molar-refractivity contribution in [2.45, 2.75) is 44.6 Å². The summed E-state index contributed by atoms with van der Waals surface area (Å²) in [6.07, 6.45) is 3.24. The monoisotopic (exact) mass is 265 g/mol. The van der Waals surface area contributed by atoms with Crippen LogP contribution in [-0.4, -0.2) is 0 Å². The van der Waals surface area contributed by atoms with Gasteiger partial charge in [-0.25, -0.2) is 0 Å². The van der Waals surface area contributed by atoms with Gasteiger partial charge in [-0.1, -0.05) is 62.4 Å². The van der Waals surface area contributed by atoms with Gasteiger partial charge in [-0.05, 0) is 47.4 Å². The number of nitrogens with two attached hydrogens (primary N) is 1. The lowest BCUT2D eigenvalue weighted by Crippen LogP contribution is -2.41. The first-order valence-electron chi connectivity index (χ1n) is 7.63. The van der Waals surface area contributed by atoms with E-state index >= 15 is 0 Å². The minimum absolute atomic E-state index is 0.325. The summed E-state index contributed by atoms with van der Waals surface area (Å²) in [6, 6.07) is 17.5. The second kappa shape index (κ2) is 5.06. The van der Waals surface area contributed by atoms with Crippen molar-refractivity contribution < 1.29 is 0 Å². The van der Waals surface area contributed by atoms with Crippen LogP contribution in [0, 0.1) is 0 Å². The number of fused-ring (bicyclic) bond motifs is 1. The highest BCUT2D eigenvalue weighted by Crippen LogP contribution is 2.43. The summed E-state index contributed by atoms with van der Waals surface area (Å²) in [5.74, 6) is 0.609. The first-order chi connectivity index (χ1) is 9.65. The number of hydrogen-bond donors (Lipinski definition) is 1. The van der Waals surface area contributed by atoms with E-state index in [1.807, 2.05) is 0 Å². The zero-order valence-electron chi connectivity index (χ0n) is 12.4. The first-order valence-corrected chi connectivity index (χ1v) is 7.63. The molecule has 0 spiro atoms. The Morgan fingerprint density at radius 1 is 1.15 bits per heavy atom. The van der Waals surface area contributed by atoms with Crippen LogP contribution in [0.1, 0.15) is 54.9 Å². The van der Waals surface area contributed by atoms with Crippen LogP contribution >= 0.6 is 0 Å². The lowest BCUT2D eigenvalue weighted by atomic mass is 9.69. The van der Waals surface area contributed by atoms with Crippen LogP contribution in [0.15, 0.2) is 48.5 Å². The Bertz CT molecular complexity index is 617. The number of benzene rings is 2. The molecule has 2 N–H and O–H groups in total. The van der Waals surface area contributed by atoms with Gasteiger partial charge >= 0.3 is 0 Å². The Labute approximate surface area is 121 Å². The van der Waals surface area contributed by atoms with Crippen LogP contribution < -0.4 is 5.73 Å². The molecule has 20 heavy (non-hydrogen) atoms. The maximum Gasteiger partial charge on any atom is 0.0668 e. The highest BCUT2D eigenvalue weighted by molar-refractivity contribution is 5.46. The molecule has 0 amide bonds. The van der Waals surface area contributed by atoms with E-state index < -0.39 is 0 Å². The molecule has 1 nitrogen and oxygen atoms in total. The molecule has 2 aromatic rings. The first kappa shape index (κ1) is 13.4. The molecule has 0 aromatic heterocycles. The molecule has 0 saturated heterocycles. The molecule has 2 unspecified atom stereocenters. The molecule has 0 aliphatic heterocycles. The van der Waals surface area contributed by atoms with Crippen LogP contribution in [0.2, 0.25) is 0 Å². The van der Waals surface area contributed by atoms with Crippen molar-refractivity contribution in [3.63, 3.8) is 0 Å².